The number of hydrogen-bond acceptors (Lipinski definition) is 6. The number of thiophene rings is 1. The molecular formula is C11H14N2O5S3. The van der Waals surface area contributed by atoms with E-state index in [-0.39, 0.29) is 23.1 Å². The lowest BCUT2D eigenvalue weighted by Crippen LogP contribution is -2.42. The van der Waals surface area contributed by atoms with E-state index in [0.717, 1.165) is 11.3 Å². The predicted octanol–water partition coefficient (Wildman–Crippen LogP) is 0.403. The maximum atomic E-state index is 11.9. The summed E-state index contributed by atoms with van der Waals surface area (Å²) in [7, 11) is -3.59. The van der Waals surface area contributed by atoms with Crippen molar-refractivity contribution in [2.75, 3.05) is 18.2 Å². The van der Waals surface area contributed by atoms with E-state index in [1.165, 1.54) is 22.7 Å². The van der Waals surface area contributed by atoms with Gasteiger partial charge in [0.25, 0.3) is 0 Å². The number of nitrogens with zero attached hydrogens (tertiary/aromatic N) is 1. The van der Waals surface area contributed by atoms with Gasteiger partial charge in [0.05, 0.1) is 5.88 Å². The molecule has 21 heavy (non-hydrogen) atoms. The molecule has 7 nitrogen and oxygen atoms in total. The first-order valence-corrected chi connectivity index (χ1v) is 9.57. The van der Waals surface area contributed by atoms with Crippen LogP contribution in [0.5, 0.6) is 0 Å². The third kappa shape index (κ3) is 3.96. The smallest absolute Gasteiger partial charge is 0.327 e. The van der Waals surface area contributed by atoms with E-state index in [1.54, 1.807) is 11.4 Å². The first-order valence-electron chi connectivity index (χ1n) is 6.05. The molecule has 1 unspecified atom stereocenters. The topological polar surface area (TPSA) is 104 Å². The molecule has 10 heteroatoms. The highest BCUT2D eigenvalue weighted by Gasteiger charge is 2.34. The molecule has 1 atom stereocenters. The number of sulfonamides is 1. The van der Waals surface area contributed by atoms with Gasteiger partial charge in [-0.15, -0.1) is 23.1 Å². The van der Waals surface area contributed by atoms with Crippen molar-refractivity contribution in [1.29, 1.82) is 0 Å². The first-order chi connectivity index (χ1) is 9.92. The van der Waals surface area contributed by atoms with Gasteiger partial charge in [0.15, 0.2) is 0 Å². The van der Waals surface area contributed by atoms with Crippen LogP contribution in [0.2, 0.25) is 0 Å². The van der Waals surface area contributed by atoms with Crippen LogP contribution in [0.3, 0.4) is 0 Å². The molecule has 1 saturated heterocycles. The largest absolute Gasteiger partial charge is 0.480 e. The van der Waals surface area contributed by atoms with Gasteiger partial charge in [-0.05, 0) is 11.4 Å². The second-order valence-electron chi connectivity index (χ2n) is 4.30. The molecule has 0 aliphatic carbocycles. The van der Waals surface area contributed by atoms with Crippen LogP contribution in [0.4, 0.5) is 0 Å². The molecule has 1 aromatic heterocycles. The summed E-state index contributed by atoms with van der Waals surface area (Å²) in [6, 6.07) is 2.28. The number of aliphatic carboxylic acids is 1. The summed E-state index contributed by atoms with van der Waals surface area (Å²) in [6.07, 6.45) is -0.0606. The van der Waals surface area contributed by atoms with Gasteiger partial charge in [0.1, 0.15) is 10.3 Å². The van der Waals surface area contributed by atoms with Crippen LogP contribution >= 0.6 is 23.1 Å². The normalized spacial score (nSPS) is 18.9. The minimum Gasteiger partial charge on any atom is -0.480 e. The van der Waals surface area contributed by atoms with Gasteiger partial charge in [-0.25, -0.2) is 17.9 Å². The van der Waals surface area contributed by atoms with Crippen LogP contribution in [-0.4, -0.2) is 54.5 Å². The Morgan fingerprint density at radius 3 is 2.86 bits per heavy atom. The Bertz CT molecular complexity index is 614. The predicted molar refractivity (Wildman–Crippen MR) is 79.7 cm³/mol. The molecule has 0 spiro atoms. The average Bonchev–Trinajstić information content (AvgIpc) is 3.10. The van der Waals surface area contributed by atoms with E-state index in [9.17, 15) is 18.0 Å². The summed E-state index contributed by atoms with van der Waals surface area (Å²) in [5, 5.41) is 10.6. The van der Waals surface area contributed by atoms with E-state index in [4.69, 9.17) is 5.11 Å². The summed E-state index contributed by atoms with van der Waals surface area (Å²) in [5.41, 5.74) is 0. The van der Waals surface area contributed by atoms with Crippen molar-refractivity contribution >= 4 is 45.0 Å². The van der Waals surface area contributed by atoms with Gasteiger partial charge in [-0.2, -0.15) is 0 Å². The molecule has 1 aromatic rings. The van der Waals surface area contributed by atoms with Crippen LogP contribution in [0.25, 0.3) is 0 Å². The van der Waals surface area contributed by atoms with Gasteiger partial charge >= 0.3 is 5.97 Å². The number of hydrogen-bond donors (Lipinski definition) is 2. The summed E-state index contributed by atoms with van der Waals surface area (Å²) < 4.78 is 26.2. The van der Waals surface area contributed by atoms with Crippen LogP contribution in [0, 0.1) is 0 Å². The van der Waals surface area contributed by atoms with Gasteiger partial charge in [0, 0.05) is 18.7 Å². The molecule has 2 rings (SSSR count). The van der Waals surface area contributed by atoms with Crippen LogP contribution < -0.4 is 4.72 Å². The fraction of sp³-hybridized carbons (Fsp3) is 0.455. The molecule has 0 saturated carbocycles. The number of carboxylic acid groups (broad SMARTS) is 1. The maximum Gasteiger partial charge on any atom is 0.327 e. The molecule has 1 aliphatic rings. The van der Waals surface area contributed by atoms with E-state index in [0.29, 0.717) is 11.6 Å². The lowest BCUT2D eigenvalue weighted by molar-refractivity contribution is -0.147. The summed E-state index contributed by atoms with van der Waals surface area (Å²) >= 11 is 2.46. The lowest BCUT2D eigenvalue weighted by atomic mass is 10.2. The number of carbonyl (C=O) groups is 2. The third-order valence-corrected chi connectivity index (χ3v) is 6.75. The maximum absolute atomic E-state index is 11.9. The van der Waals surface area contributed by atoms with Crippen LogP contribution in [-0.2, 0) is 19.6 Å². The molecular weight excluding hydrogens is 336 g/mol. The molecule has 1 amide bonds. The van der Waals surface area contributed by atoms with Crippen molar-refractivity contribution in [3.05, 3.63) is 17.5 Å². The standard InChI is InChI=1S/C11H14N2O5S3/c14-9(13-7-19-6-8(13)11(15)16)3-4-12-21(17,18)10-2-1-5-20-10/h1-2,5,8,12H,3-4,6-7H2,(H,15,16). The van der Waals surface area contributed by atoms with Gasteiger partial charge in [0.2, 0.25) is 15.9 Å². The zero-order valence-corrected chi connectivity index (χ0v) is 13.3. The zero-order valence-electron chi connectivity index (χ0n) is 10.9. The van der Waals surface area contributed by atoms with Crippen LogP contribution in [0.1, 0.15) is 6.42 Å². The Morgan fingerprint density at radius 1 is 1.48 bits per heavy atom. The molecule has 2 heterocycles. The van der Waals surface area contributed by atoms with Crippen LogP contribution in [0.15, 0.2) is 21.7 Å². The molecule has 0 bridgehead atoms. The third-order valence-electron chi connectivity index (χ3n) is 2.88. The number of carboxylic acids is 1. The Labute approximate surface area is 130 Å². The van der Waals surface area contributed by atoms with Crippen molar-refractivity contribution in [2.45, 2.75) is 16.7 Å². The number of amides is 1. The molecule has 2 N–H and O–H groups in total. The number of nitrogens with one attached hydrogen (secondary N) is 1. The highest BCUT2D eigenvalue weighted by atomic mass is 32.2. The molecule has 1 aliphatic heterocycles. The van der Waals surface area contributed by atoms with Gasteiger partial charge in [-0.1, -0.05) is 6.07 Å². The highest BCUT2D eigenvalue weighted by Crippen LogP contribution is 2.21. The minimum absolute atomic E-state index is 0.0490. The van der Waals surface area contributed by atoms with Crippen molar-refractivity contribution in [1.82, 2.24) is 9.62 Å². The zero-order chi connectivity index (χ0) is 15.5. The summed E-state index contributed by atoms with van der Waals surface area (Å²) in [5.74, 6) is -0.705. The Kier molecular flexibility index (Phi) is 5.25. The quantitative estimate of drug-likeness (QED) is 0.770. The second-order valence-corrected chi connectivity index (χ2v) is 8.24. The molecule has 0 radical (unpaired) electrons. The van der Waals surface area contributed by atoms with Gasteiger partial charge in [-0.3, -0.25) is 4.79 Å². The second kappa shape index (κ2) is 6.77. The van der Waals surface area contributed by atoms with Crippen molar-refractivity contribution < 1.29 is 23.1 Å². The molecule has 0 aromatic carbocycles. The van der Waals surface area contributed by atoms with E-state index >= 15 is 0 Å². The monoisotopic (exact) mass is 350 g/mol. The average molecular weight is 350 g/mol. The van der Waals surface area contributed by atoms with Gasteiger partial charge < -0.3 is 10.0 Å². The minimum atomic E-state index is -3.59. The van der Waals surface area contributed by atoms with Crippen molar-refractivity contribution in [3.63, 3.8) is 0 Å². The molecule has 116 valence electrons. The molecule has 1 fully saturated rings. The Hall–Kier alpha value is -1.10. The fourth-order valence-corrected chi connectivity index (χ4v) is 5.06. The summed E-state index contributed by atoms with van der Waals surface area (Å²) in [4.78, 5) is 24.2. The Morgan fingerprint density at radius 2 is 2.24 bits per heavy atom. The van der Waals surface area contributed by atoms with Crippen molar-refractivity contribution in [2.24, 2.45) is 0 Å². The van der Waals surface area contributed by atoms with Crippen molar-refractivity contribution in [3.8, 4) is 0 Å². The SMILES string of the molecule is O=C(O)C1CSCN1C(=O)CCNS(=O)(=O)c1cccs1. The summed E-state index contributed by atoms with van der Waals surface area (Å²) in [6.45, 7) is -0.0490. The highest BCUT2D eigenvalue weighted by molar-refractivity contribution is 7.99. The number of rotatable bonds is 6. The number of thioether (sulfide) groups is 1. The Balaban J connectivity index is 1.86. The first kappa shape index (κ1) is 16.3. The lowest BCUT2D eigenvalue weighted by Gasteiger charge is -2.20. The van der Waals surface area contributed by atoms with E-state index in [2.05, 4.69) is 4.72 Å². The fourth-order valence-electron chi connectivity index (χ4n) is 1.82. The van der Waals surface area contributed by atoms with E-state index in [1.807, 2.05) is 0 Å². The van der Waals surface area contributed by atoms with E-state index < -0.39 is 22.0 Å². The number of carbonyl (C=O) groups excluding carboxylic acids is 1.